The van der Waals surface area contributed by atoms with Crippen LogP contribution in [0, 0.1) is 19.8 Å². The molecule has 1 saturated carbocycles. The molecule has 128 valence electrons. The highest BCUT2D eigenvalue weighted by atomic mass is 16.3. The van der Waals surface area contributed by atoms with Gasteiger partial charge in [0.2, 0.25) is 11.8 Å². The molecule has 0 atom stereocenters. The number of amides is 2. The molecule has 1 aliphatic carbocycles. The molecule has 3 rings (SSSR count). The third-order valence-electron chi connectivity index (χ3n) is 4.99. The van der Waals surface area contributed by atoms with Gasteiger partial charge in [0.15, 0.2) is 0 Å². The molecule has 1 fully saturated rings. The average molecular weight is 328 g/mol. The lowest BCUT2D eigenvalue weighted by molar-refractivity contribution is -0.131. The van der Waals surface area contributed by atoms with Gasteiger partial charge in [0, 0.05) is 16.9 Å². The normalized spacial score (nSPS) is 15.4. The zero-order valence-corrected chi connectivity index (χ0v) is 14.3. The molecule has 2 amide bonds. The summed E-state index contributed by atoms with van der Waals surface area (Å²) in [4.78, 5) is 24.2. The number of hydrogen-bond acceptors (Lipinski definition) is 3. The van der Waals surface area contributed by atoms with E-state index in [-0.39, 0.29) is 24.2 Å². The van der Waals surface area contributed by atoms with Gasteiger partial charge in [-0.05, 0) is 37.8 Å². The van der Waals surface area contributed by atoms with Crippen LogP contribution in [-0.4, -0.2) is 11.8 Å². The highest BCUT2D eigenvalue weighted by Crippen LogP contribution is 2.27. The first kappa shape index (κ1) is 16.6. The molecule has 1 heterocycles. The third-order valence-corrected chi connectivity index (χ3v) is 4.99. The zero-order valence-electron chi connectivity index (χ0n) is 14.3. The van der Waals surface area contributed by atoms with Crippen LogP contribution in [0.5, 0.6) is 0 Å². The Bertz CT molecular complexity index is 757. The Morgan fingerprint density at radius 3 is 2.62 bits per heavy atom. The fraction of sp³-hybridized carbons (Fsp3) is 0.474. The molecule has 5 heteroatoms. The number of aryl methyl sites for hydroxylation is 2. The van der Waals surface area contributed by atoms with Crippen molar-refractivity contribution in [3.63, 3.8) is 0 Å². The minimum Gasteiger partial charge on any atom is -0.464 e. The van der Waals surface area contributed by atoms with Crippen molar-refractivity contribution in [2.24, 2.45) is 5.92 Å². The Hall–Kier alpha value is -2.30. The van der Waals surface area contributed by atoms with Crippen LogP contribution < -0.4 is 10.9 Å². The maximum absolute atomic E-state index is 12.1. The number of fused-ring (bicyclic) bond motifs is 1. The van der Waals surface area contributed by atoms with E-state index in [9.17, 15) is 9.59 Å². The van der Waals surface area contributed by atoms with Crippen molar-refractivity contribution in [1.82, 2.24) is 10.9 Å². The smallest absolute Gasteiger partial charge is 0.242 e. The highest BCUT2D eigenvalue weighted by molar-refractivity contribution is 5.90. The van der Waals surface area contributed by atoms with Crippen molar-refractivity contribution in [1.29, 1.82) is 0 Å². The molecule has 24 heavy (non-hydrogen) atoms. The summed E-state index contributed by atoms with van der Waals surface area (Å²) >= 11 is 0. The SMILES string of the molecule is Cc1ccc2c(CC(=O)NNC(=O)C3CCCCC3)coc2c1C. The topological polar surface area (TPSA) is 71.3 Å². The largest absolute Gasteiger partial charge is 0.464 e. The van der Waals surface area contributed by atoms with Gasteiger partial charge in [-0.15, -0.1) is 0 Å². The summed E-state index contributed by atoms with van der Waals surface area (Å²) in [5.41, 5.74) is 8.99. The Morgan fingerprint density at radius 2 is 1.88 bits per heavy atom. The first-order valence-corrected chi connectivity index (χ1v) is 8.61. The molecular formula is C19H24N2O3. The Balaban J connectivity index is 1.59. The van der Waals surface area contributed by atoms with E-state index < -0.39 is 0 Å². The van der Waals surface area contributed by atoms with Crippen molar-refractivity contribution >= 4 is 22.8 Å². The molecule has 0 aliphatic heterocycles. The van der Waals surface area contributed by atoms with Crippen LogP contribution in [-0.2, 0) is 16.0 Å². The van der Waals surface area contributed by atoms with E-state index in [0.29, 0.717) is 0 Å². The molecular weight excluding hydrogens is 304 g/mol. The summed E-state index contributed by atoms with van der Waals surface area (Å²) in [5, 5.41) is 0.951. The second-order valence-corrected chi connectivity index (χ2v) is 6.69. The summed E-state index contributed by atoms with van der Waals surface area (Å²) in [6.07, 6.45) is 7.00. The van der Waals surface area contributed by atoms with Gasteiger partial charge in [-0.2, -0.15) is 0 Å². The van der Waals surface area contributed by atoms with Gasteiger partial charge in [0.25, 0.3) is 0 Å². The lowest BCUT2D eigenvalue weighted by Crippen LogP contribution is -2.45. The van der Waals surface area contributed by atoms with E-state index in [2.05, 4.69) is 10.9 Å². The number of furan rings is 1. The maximum Gasteiger partial charge on any atom is 0.242 e. The number of carbonyl (C=O) groups is 2. The predicted octanol–water partition coefficient (Wildman–Crippen LogP) is 3.32. The monoisotopic (exact) mass is 328 g/mol. The molecule has 1 aromatic carbocycles. The summed E-state index contributed by atoms with van der Waals surface area (Å²) in [6, 6.07) is 4.00. The summed E-state index contributed by atoms with van der Waals surface area (Å²) in [6.45, 7) is 4.04. The maximum atomic E-state index is 12.1. The van der Waals surface area contributed by atoms with Gasteiger partial charge in [-0.1, -0.05) is 31.4 Å². The number of carbonyl (C=O) groups excluding carboxylic acids is 2. The number of hydrazine groups is 1. The standard InChI is InChI=1S/C19H24N2O3/c1-12-8-9-16-15(11-24-18(16)13(12)2)10-17(22)20-21-19(23)14-6-4-3-5-7-14/h8-9,11,14H,3-7,10H2,1-2H3,(H,20,22)(H,21,23). The predicted molar refractivity (Wildman–Crippen MR) is 92.3 cm³/mol. The first-order valence-electron chi connectivity index (χ1n) is 8.61. The van der Waals surface area contributed by atoms with Crippen molar-refractivity contribution in [3.8, 4) is 0 Å². The van der Waals surface area contributed by atoms with Gasteiger partial charge in [0.05, 0.1) is 12.7 Å². The summed E-state index contributed by atoms with van der Waals surface area (Å²) < 4.78 is 5.61. The number of benzene rings is 1. The Labute approximate surface area is 141 Å². The van der Waals surface area contributed by atoms with Crippen molar-refractivity contribution in [3.05, 3.63) is 35.1 Å². The van der Waals surface area contributed by atoms with Gasteiger partial charge in [0.1, 0.15) is 5.58 Å². The summed E-state index contributed by atoms with van der Waals surface area (Å²) in [5.74, 6) is -0.286. The fourth-order valence-electron chi connectivity index (χ4n) is 3.34. The minimum absolute atomic E-state index is 0.0273. The molecule has 0 bridgehead atoms. The second kappa shape index (κ2) is 7.07. The third kappa shape index (κ3) is 3.45. The van der Waals surface area contributed by atoms with Crippen LogP contribution in [0.3, 0.4) is 0 Å². The van der Waals surface area contributed by atoms with Crippen LogP contribution in [0.2, 0.25) is 0 Å². The van der Waals surface area contributed by atoms with E-state index in [1.807, 2.05) is 26.0 Å². The lowest BCUT2D eigenvalue weighted by Gasteiger charge is -2.20. The number of hydrogen-bond donors (Lipinski definition) is 2. The number of nitrogens with one attached hydrogen (secondary N) is 2. The number of rotatable bonds is 3. The molecule has 0 unspecified atom stereocenters. The molecule has 1 aliphatic rings. The lowest BCUT2D eigenvalue weighted by atomic mass is 9.89. The van der Waals surface area contributed by atoms with Crippen LogP contribution in [0.4, 0.5) is 0 Å². The Kier molecular flexibility index (Phi) is 4.88. The van der Waals surface area contributed by atoms with E-state index in [1.165, 1.54) is 6.42 Å². The van der Waals surface area contributed by atoms with Crippen LogP contribution in [0.15, 0.2) is 22.8 Å². The van der Waals surface area contributed by atoms with Crippen LogP contribution >= 0.6 is 0 Å². The van der Waals surface area contributed by atoms with Crippen molar-refractivity contribution in [2.45, 2.75) is 52.4 Å². The van der Waals surface area contributed by atoms with Crippen LogP contribution in [0.25, 0.3) is 11.0 Å². The van der Waals surface area contributed by atoms with Gasteiger partial charge < -0.3 is 4.42 Å². The fourth-order valence-corrected chi connectivity index (χ4v) is 3.34. The molecule has 0 saturated heterocycles. The van der Waals surface area contributed by atoms with Crippen molar-refractivity contribution < 1.29 is 14.0 Å². The quantitative estimate of drug-likeness (QED) is 0.849. The zero-order chi connectivity index (χ0) is 17.1. The molecule has 1 aromatic heterocycles. The Morgan fingerprint density at radius 1 is 1.12 bits per heavy atom. The molecule has 2 N–H and O–H groups in total. The minimum atomic E-state index is -0.236. The van der Waals surface area contributed by atoms with Gasteiger partial charge in [-0.25, -0.2) is 0 Å². The van der Waals surface area contributed by atoms with E-state index in [4.69, 9.17) is 4.42 Å². The highest BCUT2D eigenvalue weighted by Gasteiger charge is 2.21. The molecule has 2 aromatic rings. The van der Waals surface area contributed by atoms with E-state index >= 15 is 0 Å². The van der Waals surface area contributed by atoms with Gasteiger partial charge in [-0.3, -0.25) is 20.4 Å². The van der Waals surface area contributed by atoms with E-state index in [1.54, 1.807) is 6.26 Å². The van der Waals surface area contributed by atoms with E-state index in [0.717, 1.165) is 53.3 Å². The molecule has 0 spiro atoms. The first-order chi connectivity index (χ1) is 11.6. The van der Waals surface area contributed by atoms with Crippen molar-refractivity contribution in [2.75, 3.05) is 0 Å². The second-order valence-electron chi connectivity index (χ2n) is 6.69. The average Bonchev–Trinajstić information content (AvgIpc) is 3.00. The van der Waals surface area contributed by atoms with Crippen LogP contribution in [0.1, 0.15) is 48.8 Å². The molecule has 5 nitrogen and oxygen atoms in total. The van der Waals surface area contributed by atoms with Gasteiger partial charge >= 0.3 is 0 Å². The molecule has 0 radical (unpaired) electrons. The summed E-state index contributed by atoms with van der Waals surface area (Å²) in [7, 11) is 0.